The Balaban J connectivity index is 4.46. The van der Waals surface area contributed by atoms with E-state index in [2.05, 4.69) is 0 Å². The number of carbonyl (C=O) groups is 1. The third kappa shape index (κ3) is 2.75. The lowest BCUT2D eigenvalue weighted by atomic mass is 10.1. The van der Waals surface area contributed by atoms with E-state index in [0.29, 0.717) is 0 Å². The van der Waals surface area contributed by atoms with Crippen LogP contribution in [0.15, 0.2) is 0 Å². The van der Waals surface area contributed by atoms with Crippen LogP contribution in [0.25, 0.3) is 0 Å². The van der Waals surface area contributed by atoms with Crippen LogP contribution < -0.4 is 0 Å². The zero-order chi connectivity index (χ0) is 9.99. The Kier molecular flexibility index (Phi) is 3.17. The molecule has 0 unspecified atom stereocenters. The van der Waals surface area contributed by atoms with Crippen molar-refractivity contribution in [3.8, 4) is 0 Å². The Morgan fingerprint density at radius 1 is 1.17 bits per heavy atom. The second-order valence-electron chi connectivity index (χ2n) is 2.28. The molecule has 0 spiro atoms. The van der Waals surface area contributed by atoms with Gasteiger partial charge >= 0.3 is 17.9 Å². The first-order chi connectivity index (χ1) is 5.22. The Morgan fingerprint density at radius 3 is 1.83 bits per heavy atom. The quantitative estimate of drug-likeness (QED) is 0.625. The topological polar surface area (TPSA) is 17.1 Å². The normalized spacial score (nSPS) is 13.2. The summed E-state index contributed by atoms with van der Waals surface area (Å²) in [4.78, 5) is 10.0. The molecule has 12 heavy (non-hydrogen) atoms. The fraction of sp³-hybridized carbons (Fsp3) is 0.833. The second-order valence-corrected chi connectivity index (χ2v) is 2.28. The van der Waals surface area contributed by atoms with Gasteiger partial charge in [-0.15, -0.1) is 0 Å². The summed E-state index contributed by atoms with van der Waals surface area (Å²) in [6.07, 6.45) is -6.68. The second kappa shape index (κ2) is 3.37. The van der Waals surface area contributed by atoms with Crippen molar-refractivity contribution in [2.24, 2.45) is 0 Å². The first-order valence-electron chi connectivity index (χ1n) is 3.21. The van der Waals surface area contributed by atoms with E-state index in [4.69, 9.17) is 0 Å². The SMILES string of the molecule is CCCC(F)(F)C(=O)C(F)(F)F. The van der Waals surface area contributed by atoms with Gasteiger partial charge in [0.15, 0.2) is 0 Å². The lowest BCUT2D eigenvalue weighted by Gasteiger charge is -2.15. The maximum Gasteiger partial charge on any atom is 0.456 e. The first kappa shape index (κ1) is 11.3. The number of Topliss-reactive ketones (excluding diaryl/α,β-unsaturated/α-hetero) is 1. The highest BCUT2D eigenvalue weighted by atomic mass is 19.4. The van der Waals surface area contributed by atoms with Crippen LogP contribution >= 0.6 is 0 Å². The molecule has 0 aliphatic rings. The summed E-state index contributed by atoms with van der Waals surface area (Å²) in [7, 11) is 0. The van der Waals surface area contributed by atoms with Crippen molar-refractivity contribution in [2.45, 2.75) is 31.9 Å². The van der Waals surface area contributed by atoms with E-state index < -0.39 is 24.3 Å². The zero-order valence-electron chi connectivity index (χ0n) is 6.21. The zero-order valence-corrected chi connectivity index (χ0v) is 6.21. The lowest BCUT2D eigenvalue weighted by Crippen LogP contribution is -2.39. The third-order valence-electron chi connectivity index (χ3n) is 1.15. The van der Waals surface area contributed by atoms with Gasteiger partial charge in [0.2, 0.25) is 0 Å². The largest absolute Gasteiger partial charge is 0.456 e. The Bertz CT molecular complexity index is 171. The van der Waals surface area contributed by atoms with Crippen molar-refractivity contribution in [1.82, 2.24) is 0 Å². The molecular formula is C6H7F5O. The van der Waals surface area contributed by atoms with Gasteiger partial charge in [0, 0.05) is 6.42 Å². The molecule has 0 aromatic heterocycles. The number of carbonyl (C=O) groups excluding carboxylic acids is 1. The molecule has 0 aliphatic carbocycles. The van der Waals surface area contributed by atoms with Crippen LogP contribution in [-0.4, -0.2) is 17.9 Å². The van der Waals surface area contributed by atoms with Crippen molar-refractivity contribution >= 4 is 5.78 Å². The number of halogens is 5. The number of alkyl halides is 5. The van der Waals surface area contributed by atoms with Gasteiger partial charge in [-0.3, -0.25) is 4.79 Å². The predicted molar refractivity (Wildman–Crippen MR) is 30.9 cm³/mol. The number of ketones is 1. The van der Waals surface area contributed by atoms with Crippen molar-refractivity contribution in [1.29, 1.82) is 0 Å². The van der Waals surface area contributed by atoms with Gasteiger partial charge < -0.3 is 0 Å². The molecular weight excluding hydrogens is 183 g/mol. The van der Waals surface area contributed by atoms with E-state index in [9.17, 15) is 26.7 Å². The monoisotopic (exact) mass is 190 g/mol. The summed E-state index contributed by atoms with van der Waals surface area (Å²) in [5.41, 5.74) is 0. The Morgan fingerprint density at radius 2 is 1.58 bits per heavy atom. The number of rotatable bonds is 3. The van der Waals surface area contributed by atoms with Gasteiger partial charge in [-0.1, -0.05) is 6.92 Å². The molecule has 72 valence electrons. The molecule has 6 heteroatoms. The molecule has 0 bridgehead atoms. The fourth-order valence-electron chi connectivity index (χ4n) is 0.635. The molecule has 0 amide bonds. The molecule has 0 radical (unpaired) electrons. The molecule has 0 aromatic carbocycles. The van der Waals surface area contributed by atoms with Crippen molar-refractivity contribution in [2.75, 3.05) is 0 Å². The van der Waals surface area contributed by atoms with E-state index in [1.807, 2.05) is 0 Å². The molecule has 0 heterocycles. The lowest BCUT2D eigenvalue weighted by molar-refractivity contribution is -0.196. The van der Waals surface area contributed by atoms with Gasteiger partial charge in [-0.05, 0) is 6.42 Å². The highest BCUT2D eigenvalue weighted by molar-refractivity contribution is 5.90. The minimum absolute atomic E-state index is 0.172. The van der Waals surface area contributed by atoms with E-state index in [0.717, 1.165) is 0 Å². The summed E-state index contributed by atoms with van der Waals surface area (Å²) in [6, 6.07) is 0. The summed E-state index contributed by atoms with van der Waals surface area (Å²) >= 11 is 0. The Labute approximate surface area is 65.6 Å². The highest BCUT2D eigenvalue weighted by Gasteiger charge is 2.53. The molecule has 0 fully saturated rings. The van der Waals surface area contributed by atoms with Crippen LogP contribution in [0.5, 0.6) is 0 Å². The maximum atomic E-state index is 12.2. The average molecular weight is 190 g/mol. The van der Waals surface area contributed by atoms with Gasteiger partial charge in [-0.25, -0.2) is 0 Å². The van der Waals surface area contributed by atoms with Gasteiger partial charge in [-0.2, -0.15) is 22.0 Å². The summed E-state index contributed by atoms with van der Waals surface area (Å²) in [5.74, 6) is -7.23. The molecule has 0 aromatic rings. The summed E-state index contributed by atoms with van der Waals surface area (Å²) in [5, 5.41) is 0. The fourth-order valence-corrected chi connectivity index (χ4v) is 0.635. The molecule has 0 atom stereocenters. The molecule has 0 N–H and O–H groups in total. The van der Waals surface area contributed by atoms with Crippen molar-refractivity contribution < 1.29 is 26.7 Å². The van der Waals surface area contributed by atoms with Crippen LogP contribution in [0.3, 0.4) is 0 Å². The minimum atomic E-state index is -5.45. The molecule has 0 saturated heterocycles. The Hall–Kier alpha value is -0.680. The maximum absolute atomic E-state index is 12.2. The van der Waals surface area contributed by atoms with Gasteiger partial charge in [0.05, 0.1) is 0 Å². The smallest absolute Gasteiger partial charge is 0.283 e. The van der Waals surface area contributed by atoms with Crippen LogP contribution in [0.4, 0.5) is 22.0 Å². The standard InChI is InChI=1S/C6H7F5O/c1-2-3-5(7,8)4(12)6(9,10)11/h2-3H2,1H3. The average Bonchev–Trinajstić information content (AvgIpc) is 1.84. The molecule has 1 nitrogen and oxygen atoms in total. The van der Waals surface area contributed by atoms with Crippen molar-refractivity contribution in [3.05, 3.63) is 0 Å². The third-order valence-corrected chi connectivity index (χ3v) is 1.15. The first-order valence-corrected chi connectivity index (χ1v) is 3.21. The number of hydrogen-bond donors (Lipinski definition) is 0. The molecule has 0 aliphatic heterocycles. The van der Waals surface area contributed by atoms with E-state index in [1.165, 1.54) is 6.92 Å². The van der Waals surface area contributed by atoms with Crippen LogP contribution in [-0.2, 0) is 4.79 Å². The van der Waals surface area contributed by atoms with Gasteiger partial charge in [0.1, 0.15) is 0 Å². The number of hydrogen-bond acceptors (Lipinski definition) is 1. The van der Waals surface area contributed by atoms with E-state index >= 15 is 0 Å². The molecule has 0 saturated carbocycles. The summed E-state index contributed by atoms with van der Waals surface area (Å²) < 4.78 is 58.8. The van der Waals surface area contributed by atoms with Crippen LogP contribution in [0.1, 0.15) is 19.8 Å². The van der Waals surface area contributed by atoms with E-state index in [1.54, 1.807) is 0 Å². The van der Waals surface area contributed by atoms with E-state index in [-0.39, 0.29) is 6.42 Å². The highest BCUT2D eigenvalue weighted by Crippen LogP contribution is 2.30. The predicted octanol–water partition coefficient (Wildman–Crippen LogP) is 2.55. The van der Waals surface area contributed by atoms with Gasteiger partial charge in [0.25, 0.3) is 0 Å². The molecule has 0 rings (SSSR count). The van der Waals surface area contributed by atoms with Crippen LogP contribution in [0.2, 0.25) is 0 Å². The minimum Gasteiger partial charge on any atom is -0.283 e. The van der Waals surface area contributed by atoms with Crippen molar-refractivity contribution in [3.63, 3.8) is 0 Å². The van der Waals surface area contributed by atoms with Crippen LogP contribution in [0, 0.1) is 0 Å². The summed E-state index contributed by atoms with van der Waals surface area (Å²) in [6.45, 7) is 1.28.